The Morgan fingerprint density at radius 2 is 1.83 bits per heavy atom. The van der Waals surface area contributed by atoms with Crippen molar-refractivity contribution >= 4 is 13.8 Å². The summed E-state index contributed by atoms with van der Waals surface area (Å²) in [5.41, 5.74) is -3.15. The number of furan rings is 1. The van der Waals surface area contributed by atoms with Gasteiger partial charge in [0.2, 0.25) is 0 Å². The van der Waals surface area contributed by atoms with Crippen LogP contribution < -0.4 is 0 Å². The smallest absolute Gasteiger partial charge is 0.399 e. The van der Waals surface area contributed by atoms with Crippen molar-refractivity contribution in [2.24, 2.45) is 5.16 Å². The third-order valence-electron chi connectivity index (χ3n) is 4.11. The minimum absolute atomic E-state index is 0.201. The SMILES string of the molecule is Cc1ccc(/C=N/OCc2ccc(-c3cccc(C(F)(F)P(=O)(O)O)c3)cc2)o1. The molecule has 6 nitrogen and oxygen atoms in total. The Balaban J connectivity index is 1.68. The highest BCUT2D eigenvalue weighted by Gasteiger charge is 2.50. The third kappa shape index (κ3) is 4.98. The highest BCUT2D eigenvalue weighted by atomic mass is 31.2. The molecule has 0 unspecified atom stereocenters. The van der Waals surface area contributed by atoms with E-state index in [1.165, 1.54) is 12.3 Å². The molecule has 0 saturated heterocycles. The number of benzene rings is 2. The summed E-state index contributed by atoms with van der Waals surface area (Å²) < 4.78 is 44.2. The van der Waals surface area contributed by atoms with E-state index < -0.39 is 18.8 Å². The molecule has 0 aliphatic rings. The normalized spacial score (nSPS) is 12.4. The van der Waals surface area contributed by atoms with E-state index >= 15 is 0 Å². The summed E-state index contributed by atoms with van der Waals surface area (Å²) >= 11 is 0. The van der Waals surface area contributed by atoms with Crippen molar-refractivity contribution in [3.63, 3.8) is 0 Å². The summed E-state index contributed by atoms with van der Waals surface area (Å²) in [5, 5.41) is 3.82. The quantitative estimate of drug-likeness (QED) is 0.317. The summed E-state index contributed by atoms with van der Waals surface area (Å²) in [5.74, 6) is 1.34. The van der Waals surface area contributed by atoms with Crippen molar-refractivity contribution in [2.45, 2.75) is 19.2 Å². The van der Waals surface area contributed by atoms with Crippen LogP contribution in [0, 0.1) is 6.92 Å². The van der Waals surface area contributed by atoms with Gasteiger partial charge >= 0.3 is 13.3 Å². The van der Waals surface area contributed by atoms with Crippen molar-refractivity contribution in [1.82, 2.24) is 0 Å². The second kappa shape index (κ2) is 8.29. The summed E-state index contributed by atoms with van der Waals surface area (Å²) in [7, 11) is -5.62. The number of nitrogens with zero attached hydrogens (tertiary/aromatic N) is 1. The molecule has 1 heterocycles. The second-order valence-corrected chi connectivity index (χ2v) is 7.97. The van der Waals surface area contributed by atoms with Gasteiger partial charge in [0.15, 0.2) is 0 Å². The van der Waals surface area contributed by atoms with Crippen LogP contribution in [-0.4, -0.2) is 16.0 Å². The molecule has 0 aliphatic carbocycles. The number of hydrogen-bond acceptors (Lipinski definition) is 4. The monoisotopic (exact) mass is 421 g/mol. The fourth-order valence-corrected chi connectivity index (χ4v) is 3.05. The van der Waals surface area contributed by atoms with E-state index in [0.717, 1.165) is 23.5 Å². The van der Waals surface area contributed by atoms with E-state index in [2.05, 4.69) is 5.16 Å². The Bertz CT molecular complexity index is 1060. The lowest BCUT2D eigenvalue weighted by Gasteiger charge is -2.18. The highest BCUT2D eigenvalue weighted by Crippen LogP contribution is 2.59. The molecule has 2 N–H and O–H groups in total. The molecule has 0 saturated carbocycles. The molecular formula is C20H18F2NO5P. The van der Waals surface area contributed by atoms with Gasteiger partial charge in [-0.3, -0.25) is 4.57 Å². The molecule has 9 heteroatoms. The van der Waals surface area contributed by atoms with Gasteiger partial charge in [-0.2, -0.15) is 8.78 Å². The summed E-state index contributed by atoms with van der Waals surface area (Å²) in [6.45, 7) is 2.02. The molecule has 0 atom stereocenters. The predicted molar refractivity (Wildman–Crippen MR) is 104 cm³/mol. The second-order valence-electron chi connectivity index (χ2n) is 6.32. The van der Waals surface area contributed by atoms with Crippen LogP contribution >= 0.6 is 7.60 Å². The number of oxime groups is 1. The number of rotatable bonds is 7. The molecule has 0 bridgehead atoms. The molecule has 0 fully saturated rings. The van der Waals surface area contributed by atoms with E-state index in [4.69, 9.17) is 19.0 Å². The van der Waals surface area contributed by atoms with Crippen LogP contribution in [0.3, 0.4) is 0 Å². The van der Waals surface area contributed by atoms with Crippen LogP contribution in [0.1, 0.15) is 22.6 Å². The first-order valence-corrected chi connectivity index (χ1v) is 10.1. The van der Waals surface area contributed by atoms with E-state index in [9.17, 15) is 13.3 Å². The fraction of sp³-hybridized carbons (Fsp3) is 0.150. The predicted octanol–water partition coefficient (Wildman–Crippen LogP) is 5.03. The molecule has 0 radical (unpaired) electrons. The lowest BCUT2D eigenvalue weighted by Crippen LogP contribution is -2.13. The van der Waals surface area contributed by atoms with Gasteiger partial charge in [0.25, 0.3) is 0 Å². The lowest BCUT2D eigenvalue weighted by atomic mass is 10.0. The fourth-order valence-electron chi connectivity index (χ4n) is 2.57. The van der Waals surface area contributed by atoms with Gasteiger partial charge in [0, 0.05) is 5.56 Å². The molecule has 152 valence electrons. The Labute approximate surface area is 165 Å². The molecule has 0 aliphatic heterocycles. The number of hydrogen-bond donors (Lipinski definition) is 2. The minimum Gasteiger partial charge on any atom is -0.460 e. The summed E-state index contributed by atoms with van der Waals surface area (Å²) in [6.07, 6.45) is 1.45. The van der Waals surface area contributed by atoms with Crippen molar-refractivity contribution in [3.8, 4) is 11.1 Å². The Kier molecular flexibility index (Phi) is 5.98. The zero-order valence-electron chi connectivity index (χ0n) is 15.3. The summed E-state index contributed by atoms with van der Waals surface area (Å²) in [6, 6.07) is 15.4. The Morgan fingerprint density at radius 3 is 2.45 bits per heavy atom. The Morgan fingerprint density at radius 1 is 1.10 bits per heavy atom. The van der Waals surface area contributed by atoms with Crippen molar-refractivity contribution in [2.75, 3.05) is 0 Å². The van der Waals surface area contributed by atoms with Crippen LogP contribution in [0.15, 0.2) is 70.2 Å². The zero-order valence-corrected chi connectivity index (χ0v) is 16.2. The number of aryl methyl sites for hydroxylation is 1. The molecule has 3 aromatic rings. The van der Waals surface area contributed by atoms with Gasteiger partial charge in [-0.05, 0) is 41.8 Å². The molecule has 0 spiro atoms. The van der Waals surface area contributed by atoms with E-state index in [-0.39, 0.29) is 6.61 Å². The van der Waals surface area contributed by atoms with Gasteiger partial charge in [-0.15, -0.1) is 0 Å². The number of alkyl halides is 2. The summed E-state index contributed by atoms with van der Waals surface area (Å²) in [4.78, 5) is 23.0. The molecule has 29 heavy (non-hydrogen) atoms. The van der Waals surface area contributed by atoms with Gasteiger partial charge in [0.1, 0.15) is 24.3 Å². The molecule has 3 rings (SSSR count). The first kappa shape index (κ1) is 20.9. The first-order valence-electron chi connectivity index (χ1n) is 8.52. The van der Waals surface area contributed by atoms with Gasteiger partial charge < -0.3 is 19.0 Å². The molecule has 1 aromatic heterocycles. The maximum Gasteiger partial charge on any atom is 0.399 e. The van der Waals surface area contributed by atoms with E-state index in [1.807, 2.05) is 13.0 Å². The van der Waals surface area contributed by atoms with Crippen LogP contribution in [0.2, 0.25) is 0 Å². The molecule has 2 aromatic carbocycles. The third-order valence-corrected chi connectivity index (χ3v) is 5.10. The van der Waals surface area contributed by atoms with Crippen molar-refractivity contribution < 1.29 is 32.4 Å². The average Bonchev–Trinajstić information content (AvgIpc) is 3.10. The van der Waals surface area contributed by atoms with Crippen molar-refractivity contribution in [3.05, 3.63) is 83.3 Å². The Hall–Kier alpha value is -2.80. The number of halogens is 2. The van der Waals surface area contributed by atoms with E-state index in [0.29, 0.717) is 16.9 Å². The zero-order chi connectivity index (χ0) is 21.1. The topological polar surface area (TPSA) is 92.3 Å². The highest BCUT2D eigenvalue weighted by molar-refractivity contribution is 7.52. The van der Waals surface area contributed by atoms with Crippen LogP contribution in [0.5, 0.6) is 0 Å². The first-order chi connectivity index (χ1) is 13.7. The standard InChI is InChI=1S/C20H18F2NO5P/c1-14-5-10-19(28-14)12-23-27-13-15-6-8-16(9-7-15)17-3-2-4-18(11-17)20(21,22)29(24,25)26/h2-12H,13H2,1H3,(H2,24,25,26)/b23-12+. The maximum absolute atomic E-state index is 13.9. The minimum atomic E-state index is -5.62. The van der Waals surface area contributed by atoms with Gasteiger partial charge in [0.05, 0.1) is 0 Å². The molecular weight excluding hydrogens is 403 g/mol. The van der Waals surface area contributed by atoms with Crippen LogP contribution in [0.4, 0.5) is 8.78 Å². The van der Waals surface area contributed by atoms with Gasteiger partial charge in [-0.1, -0.05) is 47.6 Å². The van der Waals surface area contributed by atoms with Gasteiger partial charge in [-0.25, -0.2) is 0 Å². The average molecular weight is 421 g/mol. The maximum atomic E-state index is 13.9. The van der Waals surface area contributed by atoms with Crippen LogP contribution in [-0.2, 0) is 21.7 Å². The van der Waals surface area contributed by atoms with Crippen molar-refractivity contribution in [1.29, 1.82) is 0 Å². The lowest BCUT2D eigenvalue weighted by molar-refractivity contribution is 0.0565. The van der Waals surface area contributed by atoms with E-state index in [1.54, 1.807) is 36.4 Å². The molecule has 0 amide bonds. The van der Waals surface area contributed by atoms with Crippen LogP contribution in [0.25, 0.3) is 11.1 Å². The largest absolute Gasteiger partial charge is 0.460 e.